The normalized spacial score (nSPS) is 10.7. The lowest BCUT2D eigenvalue weighted by molar-refractivity contribution is -0.125. The van der Waals surface area contributed by atoms with E-state index < -0.39 is 0 Å². The Morgan fingerprint density at radius 1 is 1.14 bits per heavy atom. The van der Waals surface area contributed by atoms with E-state index in [1.54, 1.807) is 0 Å². The molecule has 0 aromatic heterocycles. The van der Waals surface area contributed by atoms with E-state index >= 15 is 0 Å². The average Bonchev–Trinajstić information content (AvgIpc) is 2.10. The third-order valence-corrected chi connectivity index (χ3v) is 2.01. The number of Topliss-reactive ketones (excluding diaryl/α,β-unsaturated/α-hetero) is 2. The Balaban J connectivity index is 3.27. The smallest absolute Gasteiger partial charge is 0.140 e. The van der Waals surface area contributed by atoms with Gasteiger partial charge in [0.2, 0.25) is 0 Å². The van der Waals surface area contributed by atoms with Crippen LogP contribution in [0.5, 0.6) is 0 Å². The summed E-state index contributed by atoms with van der Waals surface area (Å²) < 4.78 is 0. The first-order chi connectivity index (χ1) is 6.66. The predicted octanol–water partition coefficient (Wildman–Crippen LogP) is 3.06. The average molecular weight is 196 g/mol. The topological polar surface area (TPSA) is 34.1 Å². The summed E-state index contributed by atoms with van der Waals surface area (Å²) in [6, 6.07) is 0. The minimum Gasteiger partial charge on any atom is -0.300 e. The molecule has 0 fully saturated rings. The van der Waals surface area contributed by atoms with Crippen LogP contribution in [0.15, 0.2) is 12.2 Å². The number of carbonyl (C=O) groups excluding carboxylic acids is 2. The minimum atomic E-state index is -0.0242. The maximum Gasteiger partial charge on any atom is 0.140 e. The third-order valence-electron chi connectivity index (χ3n) is 2.01. The zero-order valence-corrected chi connectivity index (χ0v) is 9.21. The molecule has 0 aromatic rings. The van der Waals surface area contributed by atoms with E-state index in [4.69, 9.17) is 0 Å². The molecule has 0 saturated carbocycles. The molecular formula is C12H20O2. The number of ketones is 2. The fourth-order valence-corrected chi connectivity index (χ4v) is 1.29. The van der Waals surface area contributed by atoms with Crippen molar-refractivity contribution in [3.63, 3.8) is 0 Å². The van der Waals surface area contributed by atoms with Crippen molar-refractivity contribution in [1.29, 1.82) is 0 Å². The van der Waals surface area contributed by atoms with Gasteiger partial charge in [0, 0.05) is 6.42 Å². The highest BCUT2D eigenvalue weighted by Crippen LogP contribution is 2.05. The fourth-order valence-electron chi connectivity index (χ4n) is 1.29. The van der Waals surface area contributed by atoms with Crippen LogP contribution in [0, 0.1) is 0 Å². The van der Waals surface area contributed by atoms with Gasteiger partial charge in [-0.15, -0.1) is 0 Å². The summed E-state index contributed by atoms with van der Waals surface area (Å²) >= 11 is 0. The van der Waals surface area contributed by atoms with E-state index in [1.807, 2.05) is 13.0 Å². The molecule has 0 aliphatic heterocycles. The molecule has 0 N–H and O–H groups in total. The van der Waals surface area contributed by atoms with Crippen molar-refractivity contribution in [2.45, 2.75) is 52.4 Å². The summed E-state index contributed by atoms with van der Waals surface area (Å²) in [5.74, 6) is 0.0625. The van der Waals surface area contributed by atoms with Crippen molar-refractivity contribution in [1.82, 2.24) is 0 Å². The van der Waals surface area contributed by atoms with Crippen LogP contribution in [-0.4, -0.2) is 11.6 Å². The molecule has 0 radical (unpaired) electrons. The lowest BCUT2D eigenvalue weighted by atomic mass is 10.1. The molecule has 0 atom stereocenters. The van der Waals surface area contributed by atoms with Crippen molar-refractivity contribution in [3.8, 4) is 0 Å². The van der Waals surface area contributed by atoms with Gasteiger partial charge < -0.3 is 0 Å². The summed E-state index contributed by atoms with van der Waals surface area (Å²) in [4.78, 5) is 21.7. The van der Waals surface area contributed by atoms with E-state index in [2.05, 4.69) is 6.08 Å². The van der Waals surface area contributed by atoms with Gasteiger partial charge in [-0.25, -0.2) is 0 Å². The third kappa shape index (κ3) is 9.17. The Morgan fingerprint density at radius 3 is 2.43 bits per heavy atom. The van der Waals surface area contributed by atoms with Gasteiger partial charge in [-0.3, -0.25) is 9.59 Å². The molecule has 0 aliphatic carbocycles. The molecule has 0 aromatic carbocycles. The van der Waals surface area contributed by atoms with Crippen LogP contribution >= 0.6 is 0 Å². The van der Waals surface area contributed by atoms with Crippen LogP contribution in [0.2, 0.25) is 0 Å². The molecule has 14 heavy (non-hydrogen) atoms. The molecule has 0 amide bonds. The Morgan fingerprint density at radius 2 is 1.86 bits per heavy atom. The van der Waals surface area contributed by atoms with Crippen LogP contribution in [0.1, 0.15) is 52.4 Å². The second-order valence-corrected chi connectivity index (χ2v) is 3.59. The Bertz CT molecular complexity index is 204. The molecule has 2 nitrogen and oxygen atoms in total. The van der Waals surface area contributed by atoms with Crippen molar-refractivity contribution in [2.24, 2.45) is 0 Å². The van der Waals surface area contributed by atoms with Gasteiger partial charge in [-0.2, -0.15) is 0 Å². The number of hydrogen-bond acceptors (Lipinski definition) is 2. The van der Waals surface area contributed by atoms with Crippen LogP contribution in [0.25, 0.3) is 0 Å². The lowest BCUT2D eigenvalue weighted by Gasteiger charge is -1.98. The maximum absolute atomic E-state index is 11.1. The molecular weight excluding hydrogens is 176 g/mol. The molecule has 2 heteroatoms. The highest BCUT2D eigenvalue weighted by atomic mass is 16.1. The first kappa shape index (κ1) is 13.1. The molecule has 0 heterocycles. The summed E-state index contributed by atoms with van der Waals surface area (Å²) in [6.07, 6.45) is 9.09. The zero-order chi connectivity index (χ0) is 10.8. The number of carbonyl (C=O) groups is 2. The highest BCUT2D eigenvalue weighted by Gasteiger charge is 2.03. The molecule has 0 rings (SSSR count). The molecule has 0 aliphatic rings. The van der Waals surface area contributed by atoms with E-state index in [0.717, 1.165) is 25.7 Å². The summed E-state index contributed by atoms with van der Waals surface area (Å²) in [6.45, 7) is 3.47. The fraction of sp³-hybridized carbons (Fsp3) is 0.667. The number of unbranched alkanes of at least 4 members (excludes halogenated alkanes) is 3. The molecule has 0 bridgehead atoms. The Hall–Kier alpha value is -0.920. The Kier molecular flexibility index (Phi) is 8.10. The van der Waals surface area contributed by atoms with Crippen molar-refractivity contribution in [3.05, 3.63) is 12.2 Å². The number of allylic oxidation sites excluding steroid dienone is 2. The largest absolute Gasteiger partial charge is 0.300 e. The maximum atomic E-state index is 11.1. The first-order valence-corrected chi connectivity index (χ1v) is 5.29. The van der Waals surface area contributed by atoms with Crippen LogP contribution in [0.3, 0.4) is 0 Å². The monoisotopic (exact) mass is 196 g/mol. The zero-order valence-electron chi connectivity index (χ0n) is 9.21. The first-order valence-electron chi connectivity index (χ1n) is 5.29. The van der Waals surface area contributed by atoms with Gasteiger partial charge in [-0.1, -0.05) is 18.6 Å². The van der Waals surface area contributed by atoms with Gasteiger partial charge in [0.05, 0.1) is 6.42 Å². The summed E-state index contributed by atoms with van der Waals surface area (Å²) in [5, 5.41) is 0. The minimum absolute atomic E-state index is 0.0242. The number of rotatable bonds is 8. The molecule has 0 spiro atoms. The van der Waals surface area contributed by atoms with Crippen molar-refractivity contribution >= 4 is 11.6 Å². The summed E-state index contributed by atoms with van der Waals surface area (Å²) in [5.41, 5.74) is 0. The standard InChI is InChI=1S/C12H20O2/c1-3-4-5-6-7-8-9-12(14)10-11(2)13/h3-4H,5-10H2,1-2H3. The van der Waals surface area contributed by atoms with E-state index in [-0.39, 0.29) is 18.0 Å². The quantitative estimate of drug-likeness (QED) is 0.339. The van der Waals surface area contributed by atoms with E-state index in [1.165, 1.54) is 6.92 Å². The SMILES string of the molecule is CC=CCCCCCC(=O)CC(C)=O. The van der Waals surface area contributed by atoms with E-state index in [9.17, 15) is 9.59 Å². The van der Waals surface area contributed by atoms with Gasteiger partial charge >= 0.3 is 0 Å². The molecule has 0 unspecified atom stereocenters. The van der Waals surface area contributed by atoms with Gasteiger partial charge in [0.25, 0.3) is 0 Å². The van der Waals surface area contributed by atoms with Gasteiger partial charge in [-0.05, 0) is 33.1 Å². The van der Waals surface area contributed by atoms with Gasteiger partial charge in [0.15, 0.2) is 0 Å². The predicted molar refractivity (Wildman–Crippen MR) is 58.2 cm³/mol. The summed E-state index contributed by atoms with van der Waals surface area (Å²) in [7, 11) is 0. The second-order valence-electron chi connectivity index (χ2n) is 3.59. The van der Waals surface area contributed by atoms with E-state index in [0.29, 0.717) is 6.42 Å². The van der Waals surface area contributed by atoms with Crippen molar-refractivity contribution < 1.29 is 9.59 Å². The van der Waals surface area contributed by atoms with Crippen molar-refractivity contribution in [2.75, 3.05) is 0 Å². The highest BCUT2D eigenvalue weighted by molar-refractivity contribution is 5.97. The molecule has 80 valence electrons. The second kappa shape index (κ2) is 8.67. The lowest BCUT2D eigenvalue weighted by Crippen LogP contribution is -2.03. The number of hydrogen-bond donors (Lipinski definition) is 0. The van der Waals surface area contributed by atoms with Crippen LogP contribution in [-0.2, 0) is 9.59 Å². The molecule has 0 saturated heterocycles. The van der Waals surface area contributed by atoms with Crippen LogP contribution < -0.4 is 0 Å². The van der Waals surface area contributed by atoms with Gasteiger partial charge in [0.1, 0.15) is 11.6 Å². The Labute approximate surface area is 86.4 Å². The van der Waals surface area contributed by atoms with Crippen LogP contribution in [0.4, 0.5) is 0 Å².